The van der Waals surface area contributed by atoms with Crippen molar-refractivity contribution < 1.29 is 47.9 Å². The number of ether oxygens (including phenoxy) is 5. The molecule has 2 N–H and O–H groups in total. The van der Waals surface area contributed by atoms with E-state index in [1.165, 1.54) is 12.1 Å². The van der Waals surface area contributed by atoms with Crippen molar-refractivity contribution in [2.75, 3.05) is 59.3 Å². The van der Waals surface area contributed by atoms with Crippen molar-refractivity contribution in [1.29, 1.82) is 0 Å². The van der Waals surface area contributed by atoms with Crippen LogP contribution in [0, 0.1) is 23.6 Å². The highest BCUT2D eigenvalue weighted by Crippen LogP contribution is 2.62. The fourth-order valence-electron chi connectivity index (χ4n) is 9.64. The Morgan fingerprint density at radius 1 is 0.969 bits per heavy atom. The van der Waals surface area contributed by atoms with E-state index in [4.69, 9.17) is 33.7 Å². The van der Waals surface area contributed by atoms with Gasteiger partial charge in [-0.05, 0) is 105 Å². The number of oxime groups is 1. The molecule has 7 rings (SSSR count). The summed E-state index contributed by atoms with van der Waals surface area (Å²) in [6.45, 7) is 14.3. The number of halogens is 1. The van der Waals surface area contributed by atoms with E-state index in [1.54, 1.807) is 23.1 Å². The second-order valence-corrected chi connectivity index (χ2v) is 18.6. The van der Waals surface area contributed by atoms with E-state index in [0.717, 1.165) is 67.8 Å². The average molecular weight is 898 g/mol. The SMILES string of the molecule is C=CCOC12Oc3ccc(OCCN4CC4)cc3C3C(CCCCO)C(CCCCO)C=C(C(=NOC(C)(C)C)CC1N(Cc1ccc(F)cc1)C(=O)OCCOCc1ccccc1)C32. The van der Waals surface area contributed by atoms with Crippen molar-refractivity contribution in [2.24, 2.45) is 22.9 Å². The van der Waals surface area contributed by atoms with Gasteiger partial charge in [-0.2, -0.15) is 0 Å². The van der Waals surface area contributed by atoms with Gasteiger partial charge in [0.15, 0.2) is 0 Å². The molecule has 2 aliphatic carbocycles. The van der Waals surface area contributed by atoms with E-state index in [-0.39, 0.29) is 63.8 Å². The van der Waals surface area contributed by atoms with E-state index in [0.29, 0.717) is 43.1 Å². The number of allylic oxidation sites excluding steroid dienone is 1. The number of carbonyl (C=O) groups is 1. The number of unbranched alkanes of at least 4 members (excludes halogenated alkanes) is 2. The molecule has 352 valence electrons. The molecular formula is C52H68FN3O9. The summed E-state index contributed by atoms with van der Waals surface area (Å²) in [5.41, 5.74) is 3.62. The number of benzene rings is 3. The first-order valence-corrected chi connectivity index (χ1v) is 23.4. The molecule has 0 spiro atoms. The van der Waals surface area contributed by atoms with Gasteiger partial charge in [-0.25, -0.2) is 9.18 Å². The number of aliphatic hydroxyl groups is 2. The molecule has 65 heavy (non-hydrogen) atoms. The fourth-order valence-corrected chi connectivity index (χ4v) is 9.64. The van der Waals surface area contributed by atoms with Gasteiger partial charge < -0.3 is 38.7 Å². The van der Waals surface area contributed by atoms with Crippen LogP contribution in [-0.4, -0.2) is 109 Å². The Morgan fingerprint density at radius 2 is 1.72 bits per heavy atom. The van der Waals surface area contributed by atoms with Gasteiger partial charge in [0.25, 0.3) is 0 Å². The van der Waals surface area contributed by atoms with Crippen LogP contribution < -0.4 is 9.47 Å². The minimum absolute atomic E-state index is 0.0171. The van der Waals surface area contributed by atoms with E-state index in [2.05, 4.69) is 23.6 Å². The van der Waals surface area contributed by atoms with E-state index < -0.39 is 35.3 Å². The van der Waals surface area contributed by atoms with Crippen LogP contribution in [0.3, 0.4) is 0 Å². The van der Waals surface area contributed by atoms with Crippen molar-refractivity contribution in [3.63, 3.8) is 0 Å². The standard InChI is InChI=1S/C52H68FN3O9/c1-5-28-63-52-47(56(35-37-17-19-40(53)20-18-37)50(59)62-31-30-60-36-38-13-7-6-8-14-38)34-45(54-65-51(2,3)4)43-32-39(15-9-11-26-57)42(16-10-12-27-58)48(49(43)52)44-33-41(21-22-46(44)64-52)61-29-25-55-23-24-55/h5-8,13-14,17-22,32-33,39,42,47-49,57-58H,1,9-12,15-16,23-31,34-36H2,2-4H3. The molecule has 1 saturated carbocycles. The Kier molecular flexibility index (Phi) is 16.7. The number of rotatable bonds is 24. The smallest absolute Gasteiger partial charge is 0.410 e. The predicted molar refractivity (Wildman–Crippen MR) is 247 cm³/mol. The Morgan fingerprint density at radius 3 is 2.43 bits per heavy atom. The molecule has 2 heterocycles. The molecule has 2 fully saturated rings. The molecule has 6 unspecified atom stereocenters. The second-order valence-electron chi connectivity index (χ2n) is 18.6. The van der Waals surface area contributed by atoms with Crippen LogP contribution in [0.4, 0.5) is 9.18 Å². The molecule has 0 radical (unpaired) electrons. The first kappa shape index (κ1) is 48.2. The lowest BCUT2D eigenvalue weighted by Gasteiger charge is -2.60. The highest BCUT2D eigenvalue weighted by molar-refractivity contribution is 6.03. The molecule has 12 nitrogen and oxygen atoms in total. The summed E-state index contributed by atoms with van der Waals surface area (Å²) in [4.78, 5) is 25.1. The number of carbonyl (C=O) groups excluding carboxylic acids is 1. The Hall–Kier alpha value is -4.79. The summed E-state index contributed by atoms with van der Waals surface area (Å²) in [6, 6.07) is 21.0. The fraction of sp³-hybridized carbons (Fsp3) is 0.538. The van der Waals surface area contributed by atoms with Gasteiger partial charge in [0.05, 0.1) is 31.5 Å². The van der Waals surface area contributed by atoms with Gasteiger partial charge in [0.1, 0.15) is 42.2 Å². The van der Waals surface area contributed by atoms with Crippen molar-refractivity contribution in [3.05, 3.63) is 120 Å². The van der Waals surface area contributed by atoms with Gasteiger partial charge in [0.2, 0.25) is 5.79 Å². The summed E-state index contributed by atoms with van der Waals surface area (Å²) < 4.78 is 47.3. The average Bonchev–Trinajstić information content (AvgIpc) is 4.13. The van der Waals surface area contributed by atoms with Crippen molar-refractivity contribution >= 4 is 11.8 Å². The minimum Gasteiger partial charge on any atom is -0.492 e. The van der Waals surface area contributed by atoms with Gasteiger partial charge in [0, 0.05) is 57.3 Å². The number of fused-ring (bicyclic) bond motifs is 2. The lowest BCUT2D eigenvalue weighted by atomic mass is 9.55. The third-order valence-electron chi connectivity index (χ3n) is 12.7. The Labute approximate surface area is 384 Å². The van der Waals surface area contributed by atoms with Crippen molar-refractivity contribution in [1.82, 2.24) is 9.80 Å². The zero-order chi connectivity index (χ0) is 45.8. The van der Waals surface area contributed by atoms with Crippen LogP contribution in [0.15, 0.2) is 102 Å². The molecule has 4 aliphatic rings. The molecule has 6 atom stereocenters. The molecule has 0 bridgehead atoms. The van der Waals surface area contributed by atoms with E-state index >= 15 is 0 Å². The molecule has 2 aliphatic heterocycles. The zero-order valence-electron chi connectivity index (χ0n) is 38.4. The maximum atomic E-state index is 14.9. The number of aliphatic hydroxyl groups excluding tert-OH is 2. The molecule has 0 aromatic heterocycles. The summed E-state index contributed by atoms with van der Waals surface area (Å²) in [5, 5.41) is 24.9. The number of amides is 1. The summed E-state index contributed by atoms with van der Waals surface area (Å²) >= 11 is 0. The molecule has 13 heteroatoms. The van der Waals surface area contributed by atoms with Crippen LogP contribution >= 0.6 is 0 Å². The van der Waals surface area contributed by atoms with Crippen LogP contribution in [0.25, 0.3) is 0 Å². The number of hydrogen-bond donors (Lipinski definition) is 2. The minimum atomic E-state index is -1.51. The monoisotopic (exact) mass is 897 g/mol. The molecular weight excluding hydrogens is 830 g/mol. The van der Waals surface area contributed by atoms with Crippen LogP contribution in [-0.2, 0) is 32.2 Å². The van der Waals surface area contributed by atoms with Crippen LogP contribution in [0.2, 0.25) is 0 Å². The predicted octanol–water partition coefficient (Wildman–Crippen LogP) is 8.81. The summed E-state index contributed by atoms with van der Waals surface area (Å²) in [5.74, 6) is -1.17. The Bertz CT molecular complexity index is 2070. The van der Waals surface area contributed by atoms with E-state index in [1.807, 2.05) is 63.2 Å². The Balaban J connectivity index is 1.36. The maximum absolute atomic E-state index is 14.9. The highest BCUT2D eigenvalue weighted by Gasteiger charge is 2.65. The first-order valence-electron chi connectivity index (χ1n) is 23.4. The highest BCUT2D eigenvalue weighted by atomic mass is 19.1. The third kappa shape index (κ3) is 12.4. The van der Waals surface area contributed by atoms with Gasteiger partial charge in [-0.1, -0.05) is 72.6 Å². The van der Waals surface area contributed by atoms with E-state index in [9.17, 15) is 19.4 Å². The number of hydrogen-bond acceptors (Lipinski definition) is 11. The molecule has 3 aromatic carbocycles. The number of nitrogens with zero attached hydrogens (tertiary/aromatic N) is 3. The second kappa shape index (κ2) is 22.6. The molecule has 1 amide bonds. The third-order valence-corrected chi connectivity index (χ3v) is 12.7. The maximum Gasteiger partial charge on any atom is 0.410 e. The van der Waals surface area contributed by atoms with Crippen molar-refractivity contribution in [2.45, 2.75) is 102 Å². The van der Waals surface area contributed by atoms with Crippen molar-refractivity contribution in [3.8, 4) is 11.5 Å². The topological polar surface area (TPSA) is 132 Å². The summed E-state index contributed by atoms with van der Waals surface area (Å²) in [6.07, 6.45) is 8.12. The van der Waals surface area contributed by atoms with Gasteiger partial charge in [-0.15, -0.1) is 6.58 Å². The zero-order valence-corrected chi connectivity index (χ0v) is 38.4. The largest absolute Gasteiger partial charge is 0.492 e. The van der Waals surface area contributed by atoms with Gasteiger partial charge in [-0.3, -0.25) is 9.80 Å². The molecule has 3 aromatic rings. The lowest BCUT2D eigenvalue weighted by Crippen LogP contribution is -2.70. The molecule has 1 saturated heterocycles. The quantitative estimate of drug-likeness (QED) is 0.0390. The normalized spacial score (nSPS) is 24.0. The lowest BCUT2D eigenvalue weighted by molar-refractivity contribution is -0.256. The summed E-state index contributed by atoms with van der Waals surface area (Å²) in [7, 11) is 0. The van der Waals surface area contributed by atoms with Crippen LogP contribution in [0.1, 0.15) is 88.3 Å². The van der Waals surface area contributed by atoms with Crippen LogP contribution in [0.5, 0.6) is 11.5 Å². The first-order chi connectivity index (χ1) is 31.5. The van der Waals surface area contributed by atoms with Gasteiger partial charge >= 0.3 is 6.09 Å².